The van der Waals surface area contributed by atoms with Crippen molar-refractivity contribution >= 4 is 23.2 Å². The van der Waals surface area contributed by atoms with Gasteiger partial charge in [-0.1, -0.05) is 6.07 Å². The van der Waals surface area contributed by atoms with Crippen LogP contribution in [0.3, 0.4) is 0 Å². The summed E-state index contributed by atoms with van der Waals surface area (Å²) < 4.78 is 0. The van der Waals surface area contributed by atoms with E-state index in [-0.39, 0.29) is 11.9 Å². The van der Waals surface area contributed by atoms with Crippen molar-refractivity contribution in [1.82, 2.24) is 9.97 Å². The van der Waals surface area contributed by atoms with Crippen molar-refractivity contribution in [3.63, 3.8) is 0 Å². The minimum Gasteiger partial charge on any atom is -0.399 e. The molecule has 1 amide bonds. The van der Waals surface area contributed by atoms with Gasteiger partial charge in [0.15, 0.2) is 0 Å². The zero-order valence-electron chi connectivity index (χ0n) is 14.1. The number of rotatable bonds is 3. The predicted molar refractivity (Wildman–Crippen MR) is 100 cm³/mol. The number of benzene rings is 2. The van der Waals surface area contributed by atoms with Gasteiger partial charge in [-0.3, -0.25) is 4.79 Å². The molecule has 3 aromatic rings. The second kappa shape index (κ2) is 6.60. The molecule has 0 unspecified atom stereocenters. The Kier molecular flexibility index (Phi) is 4.35. The minimum atomic E-state index is -0.188. The van der Waals surface area contributed by atoms with Gasteiger partial charge in [0.25, 0.3) is 5.91 Å². The average Bonchev–Trinajstić information content (AvgIpc) is 2.60. The third-order valence-electron chi connectivity index (χ3n) is 4.01. The van der Waals surface area contributed by atoms with E-state index in [2.05, 4.69) is 15.3 Å². The van der Waals surface area contributed by atoms with Crippen LogP contribution in [0.15, 0.2) is 48.8 Å². The van der Waals surface area contributed by atoms with E-state index in [1.807, 2.05) is 32.0 Å². The molecule has 0 atom stereocenters. The van der Waals surface area contributed by atoms with Gasteiger partial charge in [0.1, 0.15) is 0 Å². The fraction of sp³-hybridized carbons (Fsp3) is 0.105. The quantitative estimate of drug-likeness (QED) is 0.638. The largest absolute Gasteiger partial charge is 0.399 e. The van der Waals surface area contributed by atoms with E-state index in [9.17, 15) is 4.79 Å². The highest BCUT2D eigenvalue weighted by atomic mass is 16.1. The highest BCUT2D eigenvalue weighted by molar-refractivity contribution is 6.05. The lowest BCUT2D eigenvalue weighted by Crippen LogP contribution is -2.12. The van der Waals surface area contributed by atoms with Crippen molar-refractivity contribution in [1.29, 1.82) is 0 Å². The van der Waals surface area contributed by atoms with Crippen molar-refractivity contribution in [3.05, 3.63) is 65.5 Å². The van der Waals surface area contributed by atoms with E-state index < -0.39 is 0 Å². The number of nitrogens with two attached hydrogens (primary N) is 2. The van der Waals surface area contributed by atoms with Crippen LogP contribution in [-0.4, -0.2) is 15.9 Å². The van der Waals surface area contributed by atoms with E-state index in [0.29, 0.717) is 16.9 Å². The first-order chi connectivity index (χ1) is 11.9. The second-order valence-electron chi connectivity index (χ2n) is 5.89. The number of amides is 1. The first-order valence-corrected chi connectivity index (χ1v) is 7.80. The first kappa shape index (κ1) is 16.4. The van der Waals surface area contributed by atoms with Gasteiger partial charge >= 0.3 is 0 Å². The lowest BCUT2D eigenvalue weighted by molar-refractivity contribution is 0.102. The average molecular weight is 333 g/mol. The Labute approximate surface area is 145 Å². The molecule has 0 aliphatic carbocycles. The molecular formula is C19H19N5O. The highest BCUT2D eigenvalue weighted by Crippen LogP contribution is 2.26. The highest BCUT2D eigenvalue weighted by Gasteiger charge is 2.10. The van der Waals surface area contributed by atoms with E-state index in [1.165, 1.54) is 0 Å². The second-order valence-corrected chi connectivity index (χ2v) is 5.89. The van der Waals surface area contributed by atoms with Gasteiger partial charge in [-0.05, 0) is 60.9 Å². The molecule has 5 N–H and O–H groups in total. The molecule has 1 heterocycles. The van der Waals surface area contributed by atoms with E-state index in [0.717, 1.165) is 22.3 Å². The maximum atomic E-state index is 12.5. The van der Waals surface area contributed by atoms with Gasteiger partial charge in [0.05, 0.1) is 0 Å². The molecule has 0 saturated heterocycles. The Morgan fingerprint density at radius 2 is 1.68 bits per heavy atom. The van der Waals surface area contributed by atoms with Crippen molar-refractivity contribution in [2.75, 3.05) is 16.8 Å². The Balaban J connectivity index is 1.88. The van der Waals surface area contributed by atoms with Gasteiger partial charge in [-0.15, -0.1) is 0 Å². The van der Waals surface area contributed by atoms with Crippen LogP contribution in [0.4, 0.5) is 17.3 Å². The van der Waals surface area contributed by atoms with Crippen LogP contribution in [0.25, 0.3) is 11.1 Å². The van der Waals surface area contributed by atoms with Gasteiger partial charge in [0.2, 0.25) is 5.95 Å². The smallest absolute Gasteiger partial charge is 0.255 e. The number of aromatic nitrogens is 2. The predicted octanol–water partition coefficient (Wildman–Crippen LogP) is 3.18. The molecule has 3 rings (SSSR count). The fourth-order valence-electron chi connectivity index (χ4n) is 2.51. The molecule has 6 nitrogen and oxygen atoms in total. The summed E-state index contributed by atoms with van der Waals surface area (Å²) in [5, 5.41) is 2.91. The summed E-state index contributed by atoms with van der Waals surface area (Å²) in [4.78, 5) is 20.5. The van der Waals surface area contributed by atoms with Crippen molar-refractivity contribution in [2.24, 2.45) is 0 Å². The molecule has 0 radical (unpaired) electrons. The van der Waals surface area contributed by atoms with Crippen molar-refractivity contribution < 1.29 is 4.79 Å². The van der Waals surface area contributed by atoms with Gasteiger partial charge in [-0.25, -0.2) is 9.97 Å². The van der Waals surface area contributed by atoms with E-state index in [1.54, 1.807) is 30.6 Å². The zero-order chi connectivity index (χ0) is 18.0. The monoisotopic (exact) mass is 333 g/mol. The Morgan fingerprint density at radius 1 is 0.960 bits per heavy atom. The molecule has 1 aromatic heterocycles. The molecule has 6 heteroatoms. The SMILES string of the molecule is Cc1cc(C(=O)Nc2ccc(C)c(-c3cnc(N)nc3)c2)ccc1N. The number of hydrogen-bond donors (Lipinski definition) is 3. The molecule has 126 valence electrons. The number of anilines is 3. The number of hydrogen-bond acceptors (Lipinski definition) is 5. The summed E-state index contributed by atoms with van der Waals surface area (Å²) in [7, 11) is 0. The molecule has 0 spiro atoms. The van der Waals surface area contributed by atoms with Crippen LogP contribution in [0, 0.1) is 13.8 Å². The third-order valence-corrected chi connectivity index (χ3v) is 4.01. The summed E-state index contributed by atoms with van der Waals surface area (Å²) in [5.41, 5.74) is 17.0. The van der Waals surface area contributed by atoms with Crippen LogP contribution in [0.2, 0.25) is 0 Å². The Morgan fingerprint density at radius 3 is 2.36 bits per heavy atom. The normalized spacial score (nSPS) is 10.5. The molecule has 0 aliphatic rings. The van der Waals surface area contributed by atoms with Gasteiger partial charge in [-0.2, -0.15) is 0 Å². The first-order valence-electron chi connectivity index (χ1n) is 7.80. The Bertz CT molecular complexity index is 935. The molecule has 25 heavy (non-hydrogen) atoms. The lowest BCUT2D eigenvalue weighted by Gasteiger charge is -2.11. The molecular weight excluding hydrogens is 314 g/mol. The number of carbonyl (C=O) groups excluding carboxylic acids is 1. The molecule has 0 fully saturated rings. The van der Waals surface area contributed by atoms with Crippen LogP contribution < -0.4 is 16.8 Å². The lowest BCUT2D eigenvalue weighted by atomic mass is 10.0. The molecule has 2 aromatic carbocycles. The van der Waals surface area contributed by atoms with Gasteiger partial charge < -0.3 is 16.8 Å². The number of nitrogens with one attached hydrogen (secondary N) is 1. The summed E-state index contributed by atoms with van der Waals surface area (Å²) in [6.45, 7) is 3.86. The number of carbonyl (C=O) groups is 1. The maximum absolute atomic E-state index is 12.5. The number of nitrogens with zero attached hydrogens (tertiary/aromatic N) is 2. The van der Waals surface area contributed by atoms with Crippen molar-refractivity contribution in [3.8, 4) is 11.1 Å². The standard InChI is InChI=1S/C19H19N5O/c1-11-3-5-15(8-16(11)14-9-22-19(21)23-10-14)24-18(25)13-4-6-17(20)12(2)7-13/h3-10H,20H2,1-2H3,(H,24,25)(H2,21,22,23). The fourth-order valence-corrected chi connectivity index (χ4v) is 2.51. The van der Waals surface area contributed by atoms with Crippen LogP contribution >= 0.6 is 0 Å². The maximum Gasteiger partial charge on any atom is 0.255 e. The Hall–Kier alpha value is -3.41. The topological polar surface area (TPSA) is 107 Å². The zero-order valence-corrected chi connectivity index (χ0v) is 14.1. The van der Waals surface area contributed by atoms with E-state index >= 15 is 0 Å². The minimum absolute atomic E-state index is 0.188. The summed E-state index contributed by atoms with van der Waals surface area (Å²) in [5.74, 6) is 0.0380. The summed E-state index contributed by atoms with van der Waals surface area (Å²) >= 11 is 0. The molecule has 0 saturated carbocycles. The third kappa shape index (κ3) is 3.58. The number of nitrogen functional groups attached to an aromatic ring is 2. The molecule has 0 aliphatic heterocycles. The summed E-state index contributed by atoms with van der Waals surface area (Å²) in [6, 6.07) is 10.9. The molecule has 0 bridgehead atoms. The van der Waals surface area contributed by atoms with Crippen LogP contribution in [0.5, 0.6) is 0 Å². The van der Waals surface area contributed by atoms with Crippen molar-refractivity contribution in [2.45, 2.75) is 13.8 Å². The summed E-state index contributed by atoms with van der Waals surface area (Å²) in [6.07, 6.45) is 3.33. The van der Waals surface area contributed by atoms with Gasteiger partial charge in [0, 0.05) is 34.9 Å². The van der Waals surface area contributed by atoms with Crippen LogP contribution in [-0.2, 0) is 0 Å². The van der Waals surface area contributed by atoms with E-state index in [4.69, 9.17) is 11.5 Å². The van der Waals surface area contributed by atoms with Crippen LogP contribution in [0.1, 0.15) is 21.5 Å². The number of aryl methyl sites for hydroxylation is 2.